The zero-order chi connectivity index (χ0) is 13.5. The third-order valence-electron chi connectivity index (χ3n) is 3.28. The first-order valence-electron chi connectivity index (χ1n) is 6.73. The molecule has 0 aliphatic carbocycles. The second-order valence-corrected chi connectivity index (χ2v) is 6.55. The molecule has 0 nitrogen and oxygen atoms in total. The van der Waals surface area contributed by atoms with Gasteiger partial charge < -0.3 is 0 Å². The van der Waals surface area contributed by atoms with Crippen molar-refractivity contribution in [3.63, 3.8) is 0 Å². The number of benzene rings is 2. The maximum Gasteiger partial charge on any atom is 0.0207 e. The Morgan fingerprint density at radius 3 is 2.11 bits per heavy atom. The summed E-state index contributed by atoms with van der Waals surface area (Å²) in [5, 5.41) is 0. The van der Waals surface area contributed by atoms with E-state index in [9.17, 15) is 0 Å². The van der Waals surface area contributed by atoms with Crippen LogP contribution >= 0.6 is 31.9 Å². The zero-order valence-electron chi connectivity index (χ0n) is 10.9. The minimum Gasteiger partial charge on any atom is -0.0619 e. The molecule has 0 spiro atoms. The summed E-state index contributed by atoms with van der Waals surface area (Å²) in [6.07, 6.45) is 6.17. The average Bonchev–Trinajstić information content (AvgIpc) is 2.42. The van der Waals surface area contributed by atoms with E-state index in [0.29, 0.717) is 0 Å². The summed E-state index contributed by atoms with van der Waals surface area (Å²) in [5.74, 6) is 0. The molecule has 0 unspecified atom stereocenters. The first-order chi connectivity index (χ1) is 9.25. The SMILES string of the molecule is Brc1ccc(CCCCCc2ccccc2Br)cc1. The molecular weight excluding hydrogens is 364 g/mol. The van der Waals surface area contributed by atoms with Crippen LogP contribution in [0.3, 0.4) is 0 Å². The Hall–Kier alpha value is -0.600. The van der Waals surface area contributed by atoms with E-state index >= 15 is 0 Å². The fraction of sp³-hybridized carbons (Fsp3) is 0.294. The predicted molar refractivity (Wildman–Crippen MR) is 89.5 cm³/mol. The van der Waals surface area contributed by atoms with Crippen molar-refractivity contribution < 1.29 is 0 Å². The third kappa shape index (κ3) is 5.12. The van der Waals surface area contributed by atoms with Gasteiger partial charge in [-0.15, -0.1) is 0 Å². The second-order valence-electron chi connectivity index (χ2n) is 4.78. The molecule has 0 radical (unpaired) electrons. The Morgan fingerprint density at radius 2 is 1.37 bits per heavy atom. The van der Waals surface area contributed by atoms with Crippen molar-refractivity contribution in [1.29, 1.82) is 0 Å². The topological polar surface area (TPSA) is 0 Å². The minimum absolute atomic E-state index is 1.16. The highest BCUT2D eigenvalue weighted by molar-refractivity contribution is 9.10. The van der Waals surface area contributed by atoms with Crippen LogP contribution in [0.2, 0.25) is 0 Å². The highest BCUT2D eigenvalue weighted by Gasteiger charge is 1.99. The van der Waals surface area contributed by atoms with E-state index in [2.05, 4.69) is 80.4 Å². The van der Waals surface area contributed by atoms with E-state index in [1.165, 1.54) is 47.7 Å². The summed E-state index contributed by atoms with van der Waals surface area (Å²) in [4.78, 5) is 0. The van der Waals surface area contributed by atoms with Gasteiger partial charge in [0, 0.05) is 8.95 Å². The van der Waals surface area contributed by atoms with Crippen molar-refractivity contribution in [3.8, 4) is 0 Å². The largest absolute Gasteiger partial charge is 0.0619 e. The van der Waals surface area contributed by atoms with Crippen LogP contribution in [0.25, 0.3) is 0 Å². The molecule has 0 heterocycles. The van der Waals surface area contributed by atoms with Crippen LogP contribution in [0.1, 0.15) is 30.4 Å². The molecule has 0 aliphatic heterocycles. The highest BCUT2D eigenvalue weighted by atomic mass is 79.9. The van der Waals surface area contributed by atoms with Crippen LogP contribution in [0.5, 0.6) is 0 Å². The first-order valence-corrected chi connectivity index (χ1v) is 8.32. The maximum atomic E-state index is 3.60. The highest BCUT2D eigenvalue weighted by Crippen LogP contribution is 2.19. The summed E-state index contributed by atoms with van der Waals surface area (Å²) in [5.41, 5.74) is 2.86. The third-order valence-corrected chi connectivity index (χ3v) is 4.58. The zero-order valence-corrected chi connectivity index (χ0v) is 14.1. The van der Waals surface area contributed by atoms with Gasteiger partial charge in [0.25, 0.3) is 0 Å². The number of halogens is 2. The van der Waals surface area contributed by atoms with E-state index in [1.807, 2.05) is 0 Å². The molecule has 0 N–H and O–H groups in total. The molecule has 0 fully saturated rings. The molecule has 2 aromatic rings. The summed E-state index contributed by atoms with van der Waals surface area (Å²) in [6.45, 7) is 0. The first kappa shape index (κ1) is 14.8. The van der Waals surface area contributed by atoms with Crippen molar-refractivity contribution in [2.75, 3.05) is 0 Å². The molecule has 0 aromatic heterocycles. The maximum absolute atomic E-state index is 3.60. The van der Waals surface area contributed by atoms with E-state index in [-0.39, 0.29) is 0 Å². The normalized spacial score (nSPS) is 10.6. The predicted octanol–water partition coefficient (Wildman–Crippen LogP) is 6.17. The minimum atomic E-state index is 1.16. The van der Waals surface area contributed by atoms with Gasteiger partial charge in [-0.25, -0.2) is 0 Å². The molecule has 2 heteroatoms. The van der Waals surface area contributed by atoms with Crippen LogP contribution in [0.15, 0.2) is 57.5 Å². The van der Waals surface area contributed by atoms with Gasteiger partial charge in [0.2, 0.25) is 0 Å². The summed E-state index contributed by atoms with van der Waals surface area (Å²) >= 11 is 7.07. The van der Waals surface area contributed by atoms with Gasteiger partial charge >= 0.3 is 0 Å². The fourth-order valence-electron chi connectivity index (χ4n) is 2.17. The molecular formula is C17H18Br2. The standard InChI is InChI=1S/C17H18Br2/c18-16-12-10-14(11-13-16)6-2-1-3-7-15-8-4-5-9-17(15)19/h4-5,8-13H,1-3,6-7H2. The van der Waals surface area contributed by atoms with Crippen molar-refractivity contribution in [1.82, 2.24) is 0 Å². The van der Waals surface area contributed by atoms with Gasteiger partial charge in [-0.3, -0.25) is 0 Å². The van der Waals surface area contributed by atoms with Gasteiger partial charge in [-0.1, -0.05) is 68.6 Å². The molecule has 100 valence electrons. The molecule has 0 saturated carbocycles. The number of hydrogen-bond donors (Lipinski definition) is 0. The lowest BCUT2D eigenvalue weighted by Crippen LogP contribution is -1.89. The summed E-state index contributed by atoms with van der Waals surface area (Å²) in [7, 11) is 0. The van der Waals surface area contributed by atoms with Crippen LogP contribution in [0.4, 0.5) is 0 Å². The van der Waals surface area contributed by atoms with Gasteiger partial charge in [-0.2, -0.15) is 0 Å². The molecule has 0 atom stereocenters. The smallest absolute Gasteiger partial charge is 0.0207 e. The number of hydrogen-bond acceptors (Lipinski definition) is 0. The van der Waals surface area contributed by atoms with Crippen molar-refractivity contribution in [2.24, 2.45) is 0 Å². The number of aryl methyl sites for hydroxylation is 2. The van der Waals surface area contributed by atoms with Gasteiger partial charge in [-0.05, 0) is 55.0 Å². The molecule has 0 bridgehead atoms. The van der Waals surface area contributed by atoms with Crippen LogP contribution in [-0.2, 0) is 12.8 Å². The Labute approximate surface area is 132 Å². The fourth-order valence-corrected chi connectivity index (χ4v) is 2.92. The van der Waals surface area contributed by atoms with Gasteiger partial charge in [0.05, 0.1) is 0 Å². The molecule has 2 aromatic carbocycles. The van der Waals surface area contributed by atoms with Crippen LogP contribution in [-0.4, -0.2) is 0 Å². The van der Waals surface area contributed by atoms with Gasteiger partial charge in [0.1, 0.15) is 0 Å². The lowest BCUT2D eigenvalue weighted by molar-refractivity contribution is 0.677. The van der Waals surface area contributed by atoms with E-state index in [0.717, 1.165) is 4.47 Å². The van der Waals surface area contributed by atoms with E-state index in [1.54, 1.807) is 0 Å². The number of unbranched alkanes of at least 4 members (excludes halogenated alkanes) is 2. The Bertz CT molecular complexity index is 503. The number of rotatable bonds is 6. The average molecular weight is 382 g/mol. The molecule has 19 heavy (non-hydrogen) atoms. The lowest BCUT2D eigenvalue weighted by Gasteiger charge is -2.05. The monoisotopic (exact) mass is 380 g/mol. The summed E-state index contributed by atoms with van der Waals surface area (Å²) < 4.78 is 2.40. The Morgan fingerprint density at radius 1 is 0.684 bits per heavy atom. The Balaban J connectivity index is 1.67. The van der Waals surface area contributed by atoms with Crippen molar-refractivity contribution in [3.05, 3.63) is 68.6 Å². The molecule has 0 saturated heterocycles. The van der Waals surface area contributed by atoms with Gasteiger partial charge in [0.15, 0.2) is 0 Å². The van der Waals surface area contributed by atoms with Crippen LogP contribution in [0, 0.1) is 0 Å². The molecule has 0 amide bonds. The van der Waals surface area contributed by atoms with E-state index in [4.69, 9.17) is 0 Å². The second kappa shape index (κ2) is 7.86. The summed E-state index contributed by atoms with van der Waals surface area (Å²) in [6, 6.07) is 17.2. The molecule has 2 rings (SSSR count). The van der Waals surface area contributed by atoms with Crippen LogP contribution < -0.4 is 0 Å². The quantitative estimate of drug-likeness (QED) is 0.525. The Kier molecular flexibility index (Phi) is 6.12. The lowest BCUT2D eigenvalue weighted by atomic mass is 10.0. The molecule has 0 aliphatic rings. The van der Waals surface area contributed by atoms with E-state index < -0.39 is 0 Å². The van der Waals surface area contributed by atoms with Crippen molar-refractivity contribution in [2.45, 2.75) is 32.1 Å². The van der Waals surface area contributed by atoms with Crippen molar-refractivity contribution >= 4 is 31.9 Å².